The van der Waals surface area contributed by atoms with Gasteiger partial charge in [0.05, 0.1) is 22.5 Å². The Morgan fingerprint density at radius 2 is 1.96 bits per heavy atom. The third-order valence-electron chi connectivity index (χ3n) is 5.44. The fourth-order valence-corrected chi connectivity index (χ4v) is 3.99. The summed E-state index contributed by atoms with van der Waals surface area (Å²) in [5, 5.41) is 3.73. The molecular formula is C21H25N5O2. The summed E-state index contributed by atoms with van der Waals surface area (Å²) in [7, 11) is 0. The van der Waals surface area contributed by atoms with Gasteiger partial charge in [-0.25, -0.2) is 15.2 Å². The number of anilines is 1. The zero-order chi connectivity index (χ0) is 19.4. The van der Waals surface area contributed by atoms with Crippen LogP contribution in [0.5, 0.6) is 0 Å². The van der Waals surface area contributed by atoms with E-state index < -0.39 is 5.97 Å². The van der Waals surface area contributed by atoms with Crippen LogP contribution in [0.4, 0.5) is 11.4 Å². The third kappa shape index (κ3) is 3.72. The standard InChI is InChI=1S/C21H25N5O2/c22-28-19(27)16-8-6-7-15(13-16)14-23-26-20-21(11-4-1-5-12-21)25-18-10-3-2-9-17(18)24-20/h2-3,6-10,13,23,25H,1,4-5,11-12,14,22H2,(H,24,26). The number of hydrazine groups is 1. The monoisotopic (exact) mass is 379 g/mol. The molecule has 1 heterocycles. The van der Waals surface area contributed by atoms with Crippen LogP contribution < -0.4 is 22.1 Å². The summed E-state index contributed by atoms with van der Waals surface area (Å²) in [6.07, 6.45) is 5.72. The third-order valence-corrected chi connectivity index (χ3v) is 5.44. The molecule has 2 aromatic rings. The molecule has 5 N–H and O–H groups in total. The van der Waals surface area contributed by atoms with Crippen LogP contribution in [-0.4, -0.2) is 17.3 Å². The topological polar surface area (TPSA) is 101 Å². The first-order valence-corrected chi connectivity index (χ1v) is 9.65. The molecule has 1 fully saturated rings. The highest BCUT2D eigenvalue weighted by molar-refractivity contribution is 6.00. The molecule has 1 saturated carbocycles. The lowest BCUT2D eigenvalue weighted by Crippen LogP contribution is -2.57. The minimum Gasteiger partial charge on any atom is -0.371 e. The Morgan fingerprint density at radius 1 is 1.14 bits per heavy atom. The van der Waals surface area contributed by atoms with E-state index >= 15 is 0 Å². The van der Waals surface area contributed by atoms with E-state index in [0.29, 0.717) is 12.1 Å². The van der Waals surface area contributed by atoms with Crippen molar-refractivity contribution in [2.75, 3.05) is 5.32 Å². The van der Waals surface area contributed by atoms with Crippen molar-refractivity contribution in [2.24, 2.45) is 10.9 Å². The molecule has 4 rings (SSSR count). The maximum absolute atomic E-state index is 11.6. The van der Waals surface area contributed by atoms with Crippen molar-refractivity contribution in [2.45, 2.75) is 44.2 Å². The minimum absolute atomic E-state index is 0.162. The number of nitrogens with two attached hydrogens (primary N) is 1. The summed E-state index contributed by atoms with van der Waals surface area (Å²) in [5.41, 5.74) is 9.82. The molecule has 2 aliphatic rings. The van der Waals surface area contributed by atoms with Crippen molar-refractivity contribution in [1.29, 1.82) is 0 Å². The number of amidine groups is 1. The number of hydrogen-bond acceptors (Lipinski definition) is 7. The smallest absolute Gasteiger partial charge is 0.356 e. The molecule has 1 aliphatic carbocycles. The summed E-state index contributed by atoms with van der Waals surface area (Å²) in [4.78, 5) is 20.8. The van der Waals surface area contributed by atoms with Crippen LogP contribution in [0.25, 0.3) is 0 Å². The van der Waals surface area contributed by atoms with Gasteiger partial charge in [-0.3, -0.25) is 0 Å². The molecule has 146 valence electrons. The van der Waals surface area contributed by atoms with Gasteiger partial charge in [-0.15, -0.1) is 0 Å². The number of carbonyl (C=O) groups excluding carboxylic acids is 1. The molecule has 0 amide bonds. The van der Waals surface area contributed by atoms with E-state index in [2.05, 4.69) is 27.1 Å². The average Bonchev–Trinajstić information content (AvgIpc) is 2.74. The Labute approximate surface area is 164 Å². The second-order valence-electron chi connectivity index (χ2n) is 7.33. The average molecular weight is 379 g/mol. The predicted octanol–water partition coefficient (Wildman–Crippen LogP) is 3.17. The van der Waals surface area contributed by atoms with Gasteiger partial charge in [0.2, 0.25) is 0 Å². The van der Waals surface area contributed by atoms with Crippen LogP contribution in [0, 0.1) is 0 Å². The molecule has 28 heavy (non-hydrogen) atoms. The van der Waals surface area contributed by atoms with E-state index in [4.69, 9.17) is 10.9 Å². The molecule has 0 bridgehead atoms. The number of fused-ring (bicyclic) bond motifs is 1. The highest BCUT2D eigenvalue weighted by Crippen LogP contribution is 2.39. The van der Waals surface area contributed by atoms with Crippen molar-refractivity contribution in [1.82, 2.24) is 10.9 Å². The Kier molecular flexibility index (Phi) is 5.27. The highest BCUT2D eigenvalue weighted by atomic mass is 16.7. The summed E-state index contributed by atoms with van der Waals surface area (Å²) in [6.45, 7) is 0.530. The Balaban J connectivity index is 1.49. The Morgan fingerprint density at radius 3 is 2.79 bits per heavy atom. The number of para-hydroxylation sites is 2. The van der Waals surface area contributed by atoms with Crippen LogP contribution in [0.2, 0.25) is 0 Å². The highest BCUT2D eigenvalue weighted by Gasteiger charge is 2.40. The maximum atomic E-state index is 11.6. The molecule has 0 radical (unpaired) electrons. The Bertz CT molecular complexity index is 890. The molecular weight excluding hydrogens is 354 g/mol. The maximum Gasteiger partial charge on any atom is 0.356 e. The normalized spacial score (nSPS) is 17.2. The second-order valence-corrected chi connectivity index (χ2v) is 7.33. The fraction of sp³-hybridized carbons (Fsp3) is 0.333. The first-order valence-electron chi connectivity index (χ1n) is 9.65. The number of carbonyl (C=O) groups is 1. The van der Waals surface area contributed by atoms with Crippen LogP contribution >= 0.6 is 0 Å². The predicted molar refractivity (Wildman–Crippen MR) is 109 cm³/mol. The lowest BCUT2D eigenvalue weighted by Gasteiger charge is -2.42. The number of nitrogens with one attached hydrogen (secondary N) is 3. The number of nitrogens with zero attached hydrogens (tertiary/aromatic N) is 1. The summed E-state index contributed by atoms with van der Waals surface area (Å²) >= 11 is 0. The van der Waals surface area contributed by atoms with E-state index in [-0.39, 0.29) is 5.54 Å². The molecule has 1 aliphatic heterocycles. The first kappa shape index (κ1) is 18.5. The van der Waals surface area contributed by atoms with Crippen LogP contribution in [0.1, 0.15) is 48.0 Å². The van der Waals surface area contributed by atoms with Gasteiger partial charge in [-0.2, -0.15) is 5.90 Å². The van der Waals surface area contributed by atoms with Crippen molar-refractivity contribution < 1.29 is 9.63 Å². The molecule has 0 atom stereocenters. The van der Waals surface area contributed by atoms with Crippen molar-refractivity contribution >= 4 is 23.2 Å². The SMILES string of the molecule is NOC(=O)c1cccc(CNNC2=Nc3ccccc3NC23CCCCC3)c1. The van der Waals surface area contributed by atoms with E-state index in [0.717, 1.165) is 35.6 Å². The number of rotatable bonds is 4. The van der Waals surface area contributed by atoms with E-state index in [9.17, 15) is 4.79 Å². The van der Waals surface area contributed by atoms with Gasteiger partial charge in [0.25, 0.3) is 0 Å². The quantitative estimate of drug-likeness (QED) is 0.609. The fourth-order valence-electron chi connectivity index (χ4n) is 3.99. The van der Waals surface area contributed by atoms with Gasteiger partial charge >= 0.3 is 5.97 Å². The molecule has 2 aromatic carbocycles. The van der Waals surface area contributed by atoms with Crippen LogP contribution in [0.15, 0.2) is 53.5 Å². The zero-order valence-electron chi connectivity index (χ0n) is 15.7. The minimum atomic E-state index is -0.548. The first-order chi connectivity index (χ1) is 13.7. The van der Waals surface area contributed by atoms with Crippen molar-refractivity contribution in [3.8, 4) is 0 Å². The molecule has 7 heteroatoms. The van der Waals surface area contributed by atoms with Gasteiger partial charge in [0, 0.05) is 6.54 Å². The van der Waals surface area contributed by atoms with Crippen LogP contribution in [0.3, 0.4) is 0 Å². The van der Waals surface area contributed by atoms with E-state index in [1.807, 2.05) is 30.3 Å². The van der Waals surface area contributed by atoms with Gasteiger partial charge < -0.3 is 15.6 Å². The van der Waals surface area contributed by atoms with Crippen molar-refractivity contribution in [3.05, 3.63) is 59.7 Å². The van der Waals surface area contributed by atoms with Crippen molar-refractivity contribution in [3.63, 3.8) is 0 Å². The van der Waals surface area contributed by atoms with Gasteiger partial charge in [0.1, 0.15) is 5.84 Å². The van der Waals surface area contributed by atoms with Crippen LogP contribution in [-0.2, 0) is 11.4 Å². The van der Waals surface area contributed by atoms with Gasteiger partial charge in [-0.05, 0) is 42.7 Å². The van der Waals surface area contributed by atoms with E-state index in [1.165, 1.54) is 19.3 Å². The Hall–Kier alpha value is -2.90. The molecule has 1 spiro atoms. The van der Waals surface area contributed by atoms with Gasteiger partial charge in [0.15, 0.2) is 0 Å². The number of aliphatic imine (C=N–C) groups is 1. The summed E-state index contributed by atoms with van der Waals surface area (Å²) in [6, 6.07) is 15.3. The molecule has 7 nitrogen and oxygen atoms in total. The van der Waals surface area contributed by atoms with E-state index in [1.54, 1.807) is 12.1 Å². The van der Waals surface area contributed by atoms with Gasteiger partial charge in [-0.1, -0.05) is 43.5 Å². The largest absolute Gasteiger partial charge is 0.371 e. The zero-order valence-corrected chi connectivity index (χ0v) is 15.7. The number of hydrogen-bond donors (Lipinski definition) is 4. The molecule has 0 unspecified atom stereocenters. The number of benzene rings is 2. The molecule has 0 saturated heterocycles. The lowest BCUT2D eigenvalue weighted by molar-refractivity contribution is 0.0503. The summed E-state index contributed by atoms with van der Waals surface area (Å²) in [5.74, 6) is 5.34. The second kappa shape index (κ2) is 8.00. The summed E-state index contributed by atoms with van der Waals surface area (Å²) < 4.78 is 0. The lowest BCUT2D eigenvalue weighted by atomic mass is 9.79. The molecule has 0 aromatic heterocycles.